The van der Waals surface area contributed by atoms with Gasteiger partial charge in [-0.1, -0.05) is 26.7 Å². The molecule has 0 spiro atoms. The lowest BCUT2D eigenvalue weighted by atomic mass is 9.92. The second kappa shape index (κ2) is 8.46. The number of pyridine rings is 1. The van der Waals surface area contributed by atoms with Crippen LogP contribution in [0.25, 0.3) is 5.65 Å². The van der Waals surface area contributed by atoms with Crippen LogP contribution in [0.1, 0.15) is 37.0 Å². The fraction of sp³-hybridized carbons (Fsp3) is 0.611. The molecular formula is C18H27N5O3. The van der Waals surface area contributed by atoms with E-state index in [0.29, 0.717) is 23.7 Å². The number of nitrogens with one attached hydrogen (secondary N) is 2. The van der Waals surface area contributed by atoms with Crippen LogP contribution < -0.4 is 11.0 Å². The number of hydrogen-bond acceptors (Lipinski definition) is 5. The number of carbonyl (C=O) groups excluding carboxylic acids is 1. The summed E-state index contributed by atoms with van der Waals surface area (Å²) in [5.74, 6) is 0.302. The Morgan fingerprint density at radius 3 is 2.77 bits per heavy atom. The van der Waals surface area contributed by atoms with Gasteiger partial charge in [-0.15, -0.1) is 0 Å². The third-order valence-electron chi connectivity index (χ3n) is 5.27. The van der Waals surface area contributed by atoms with Crippen molar-refractivity contribution in [2.45, 2.75) is 32.7 Å². The summed E-state index contributed by atoms with van der Waals surface area (Å²) in [5, 5.41) is 9.40. The summed E-state index contributed by atoms with van der Waals surface area (Å²) in [6, 6.07) is 3.64. The van der Waals surface area contributed by atoms with Crippen LogP contribution in [0.2, 0.25) is 0 Å². The maximum absolute atomic E-state index is 12.7. The molecule has 3 rings (SSSR count). The Morgan fingerprint density at radius 1 is 1.35 bits per heavy atom. The fourth-order valence-corrected chi connectivity index (χ4v) is 3.74. The summed E-state index contributed by atoms with van der Waals surface area (Å²) in [5.41, 5.74) is 0.398. The molecule has 0 radical (unpaired) electrons. The highest BCUT2D eigenvalue weighted by Crippen LogP contribution is 2.20. The third kappa shape index (κ3) is 3.81. The quantitative estimate of drug-likeness (QED) is 0.764. The summed E-state index contributed by atoms with van der Waals surface area (Å²) in [6.45, 7) is 8.21. The first kappa shape index (κ1) is 18.6. The zero-order valence-corrected chi connectivity index (χ0v) is 15.4. The number of amides is 1. The fourth-order valence-electron chi connectivity index (χ4n) is 3.74. The molecule has 1 saturated heterocycles. The predicted molar refractivity (Wildman–Crippen MR) is 98.4 cm³/mol. The van der Waals surface area contributed by atoms with Crippen LogP contribution in [0, 0.1) is 5.92 Å². The molecule has 0 aliphatic carbocycles. The van der Waals surface area contributed by atoms with E-state index in [2.05, 4.69) is 34.3 Å². The van der Waals surface area contributed by atoms with Gasteiger partial charge in [0.15, 0.2) is 5.65 Å². The Balaban J connectivity index is 1.74. The molecule has 3 heterocycles. The molecule has 1 fully saturated rings. The summed E-state index contributed by atoms with van der Waals surface area (Å²) in [7, 11) is 0. The Morgan fingerprint density at radius 2 is 2.08 bits per heavy atom. The van der Waals surface area contributed by atoms with Crippen LogP contribution in [0.5, 0.6) is 0 Å². The molecule has 0 aromatic carbocycles. The maximum atomic E-state index is 12.7. The molecule has 8 heteroatoms. The van der Waals surface area contributed by atoms with E-state index < -0.39 is 0 Å². The van der Waals surface area contributed by atoms with Gasteiger partial charge in [-0.3, -0.25) is 9.69 Å². The van der Waals surface area contributed by atoms with E-state index in [1.807, 2.05) is 0 Å². The number of morpholine rings is 1. The van der Waals surface area contributed by atoms with Gasteiger partial charge in [0.2, 0.25) is 0 Å². The van der Waals surface area contributed by atoms with Crippen molar-refractivity contribution in [1.82, 2.24) is 24.8 Å². The predicted octanol–water partition coefficient (Wildman–Crippen LogP) is 0.889. The molecule has 0 saturated carbocycles. The van der Waals surface area contributed by atoms with Crippen LogP contribution in [-0.2, 0) is 4.74 Å². The lowest BCUT2D eigenvalue weighted by molar-refractivity contribution is 0.00191. The number of ether oxygens (including phenoxy) is 1. The molecule has 1 atom stereocenters. The van der Waals surface area contributed by atoms with Crippen molar-refractivity contribution in [3.8, 4) is 0 Å². The molecule has 0 bridgehead atoms. The summed E-state index contributed by atoms with van der Waals surface area (Å²) >= 11 is 0. The van der Waals surface area contributed by atoms with Gasteiger partial charge in [0.1, 0.15) is 0 Å². The smallest absolute Gasteiger partial charge is 0.347 e. The first-order valence-electron chi connectivity index (χ1n) is 9.31. The number of hydrogen-bond donors (Lipinski definition) is 2. The summed E-state index contributed by atoms with van der Waals surface area (Å²) < 4.78 is 6.81. The number of aromatic nitrogens is 3. The van der Waals surface area contributed by atoms with E-state index in [9.17, 15) is 9.59 Å². The van der Waals surface area contributed by atoms with Gasteiger partial charge in [-0.2, -0.15) is 5.10 Å². The van der Waals surface area contributed by atoms with Crippen LogP contribution in [0.4, 0.5) is 0 Å². The lowest BCUT2D eigenvalue weighted by Gasteiger charge is -2.38. The second-order valence-electron chi connectivity index (χ2n) is 6.65. The Bertz CT molecular complexity index is 789. The average molecular weight is 361 g/mol. The average Bonchev–Trinajstić information content (AvgIpc) is 3.07. The normalized spacial score (nSPS) is 16.9. The van der Waals surface area contributed by atoms with Crippen LogP contribution in [0.3, 0.4) is 0 Å². The highest BCUT2D eigenvalue weighted by Gasteiger charge is 2.27. The number of aromatic amines is 1. The molecular weight excluding hydrogens is 334 g/mol. The molecule has 1 aliphatic rings. The van der Waals surface area contributed by atoms with E-state index in [-0.39, 0.29) is 17.6 Å². The van der Waals surface area contributed by atoms with Crippen molar-refractivity contribution in [3.63, 3.8) is 0 Å². The van der Waals surface area contributed by atoms with Gasteiger partial charge in [0.25, 0.3) is 5.91 Å². The number of carbonyl (C=O) groups is 1. The van der Waals surface area contributed by atoms with E-state index >= 15 is 0 Å². The van der Waals surface area contributed by atoms with Crippen molar-refractivity contribution >= 4 is 11.6 Å². The van der Waals surface area contributed by atoms with Crippen LogP contribution >= 0.6 is 0 Å². The molecule has 142 valence electrons. The standard InChI is InChI=1S/C18H27N5O3/c1-3-13(4-2)15(22-8-10-26-11-9-22)12-19-17(24)14-6-5-7-23-16(14)20-21-18(23)25/h5-7,13,15H,3-4,8-12H2,1-2H3,(H,19,24)(H,21,25). The largest absolute Gasteiger partial charge is 0.379 e. The number of rotatable bonds is 7. The minimum Gasteiger partial charge on any atom is -0.379 e. The molecule has 1 amide bonds. The SMILES string of the molecule is CCC(CC)C(CNC(=O)c1cccn2c(=O)[nH]nc12)N1CCOCC1. The minimum absolute atomic E-state index is 0.209. The number of H-pyrrole nitrogens is 1. The van der Waals surface area contributed by atoms with Crippen molar-refractivity contribution in [3.05, 3.63) is 34.4 Å². The van der Waals surface area contributed by atoms with Gasteiger partial charge in [-0.25, -0.2) is 14.3 Å². The van der Waals surface area contributed by atoms with E-state index in [1.165, 1.54) is 4.40 Å². The Kier molecular flexibility index (Phi) is 6.05. The molecule has 1 aliphatic heterocycles. The first-order valence-corrected chi connectivity index (χ1v) is 9.31. The van der Waals surface area contributed by atoms with Gasteiger partial charge < -0.3 is 10.1 Å². The summed E-state index contributed by atoms with van der Waals surface area (Å²) in [4.78, 5) is 26.8. The maximum Gasteiger partial charge on any atom is 0.347 e. The van der Waals surface area contributed by atoms with E-state index in [1.54, 1.807) is 18.3 Å². The topological polar surface area (TPSA) is 91.7 Å². The van der Waals surface area contributed by atoms with Crippen molar-refractivity contribution in [2.75, 3.05) is 32.8 Å². The molecule has 1 unspecified atom stereocenters. The van der Waals surface area contributed by atoms with Gasteiger partial charge in [0.05, 0.1) is 18.8 Å². The van der Waals surface area contributed by atoms with Gasteiger partial charge in [0, 0.05) is 31.9 Å². The molecule has 2 N–H and O–H groups in total. The molecule has 2 aromatic heterocycles. The lowest BCUT2D eigenvalue weighted by Crippen LogP contribution is -2.52. The zero-order valence-electron chi connectivity index (χ0n) is 15.4. The highest BCUT2D eigenvalue weighted by molar-refractivity contribution is 5.99. The monoisotopic (exact) mass is 361 g/mol. The Hall–Kier alpha value is -2.19. The van der Waals surface area contributed by atoms with E-state index in [0.717, 1.165) is 39.1 Å². The van der Waals surface area contributed by atoms with Gasteiger partial charge in [-0.05, 0) is 18.1 Å². The number of fused-ring (bicyclic) bond motifs is 1. The summed E-state index contributed by atoms with van der Waals surface area (Å²) in [6.07, 6.45) is 3.73. The van der Waals surface area contributed by atoms with Crippen molar-refractivity contribution in [1.29, 1.82) is 0 Å². The van der Waals surface area contributed by atoms with Crippen molar-refractivity contribution in [2.24, 2.45) is 5.92 Å². The molecule has 26 heavy (non-hydrogen) atoms. The Labute approximate surface area is 152 Å². The molecule has 2 aromatic rings. The highest BCUT2D eigenvalue weighted by atomic mass is 16.5. The van der Waals surface area contributed by atoms with Gasteiger partial charge >= 0.3 is 5.69 Å². The van der Waals surface area contributed by atoms with Crippen LogP contribution in [0.15, 0.2) is 23.1 Å². The van der Waals surface area contributed by atoms with Crippen molar-refractivity contribution < 1.29 is 9.53 Å². The minimum atomic E-state index is -0.349. The number of nitrogens with zero attached hydrogens (tertiary/aromatic N) is 3. The van der Waals surface area contributed by atoms with Crippen LogP contribution in [-0.4, -0.2) is 64.3 Å². The third-order valence-corrected chi connectivity index (χ3v) is 5.27. The second-order valence-corrected chi connectivity index (χ2v) is 6.65. The van der Waals surface area contributed by atoms with E-state index in [4.69, 9.17) is 4.74 Å². The first-order chi connectivity index (χ1) is 12.7. The zero-order chi connectivity index (χ0) is 18.5. The molecule has 8 nitrogen and oxygen atoms in total.